The van der Waals surface area contributed by atoms with Crippen molar-refractivity contribution in [3.63, 3.8) is 0 Å². The summed E-state index contributed by atoms with van der Waals surface area (Å²) in [6, 6.07) is 0. The smallest absolute Gasteiger partial charge is 0.105 e. The monoisotopic (exact) mass is 221 g/mol. The predicted molar refractivity (Wildman–Crippen MR) is 66.4 cm³/mol. The van der Waals surface area contributed by atoms with E-state index < -0.39 is 0 Å². The molecule has 1 N–H and O–H groups in total. The van der Waals surface area contributed by atoms with Crippen LogP contribution in [0.4, 0.5) is 0 Å². The number of hydrogen-bond donors (Lipinski definition) is 1. The highest BCUT2D eigenvalue weighted by molar-refractivity contribution is 4.88. The Hall–Kier alpha value is -0.830. The van der Waals surface area contributed by atoms with E-state index in [1.54, 1.807) is 0 Å². The third kappa shape index (κ3) is 2.85. The zero-order chi connectivity index (χ0) is 11.4. The topological polar surface area (TPSA) is 29.9 Å². The highest BCUT2D eigenvalue weighted by Crippen LogP contribution is 2.36. The van der Waals surface area contributed by atoms with Crippen LogP contribution in [0, 0.1) is 12.3 Å². The van der Waals surface area contributed by atoms with Gasteiger partial charge in [0.1, 0.15) is 5.82 Å². The molecule has 0 radical (unpaired) electrons. The summed E-state index contributed by atoms with van der Waals surface area (Å²) in [5.41, 5.74) is 0.560. The van der Waals surface area contributed by atoms with Gasteiger partial charge >= 0.3 is 0 Å². The number of rotatable bonds is 5. The van der Waals surface area contributed by atoms with E-state index in [2.05, 4.69) is 28.7 Å². The first-order chi connectivity index (χ1) is 7.70. The number of imidazole rings is 1. The molecule has 0 aliphatic heterocycles. The lowest BCUT2D eigenvalue weighted by molar-refractivity contribution is 0.313. The third-order valence-corrected chi connectivity index (χ3v) is 3.82. The number of aryl methyl sites for hydroxylation is 1. The van der Waals surface area contributed by atoms with Crippen LogP contribution in [0.5, 0.6) is 0 Å². The Labute approximate surface area is 98.3 Å². The molecular formula is C13H23N3. The van der Waals surface area contributed by atoms with E-state index in [4.69, 9.17) is 0 Å². The molecule has 1 saturated carbocycles. The van der Waals surface area contributed by atoms with E-state index in [1.807, 2.05) is 12.4 Å². The van der Waals surface area contributed by atoms with Gasteiger partial charge in [-0.25, -0.2) is 4.98 Å². The van der Waals surface area contributed by atoms with Crippen LogP contribution in [0.3, 0.4) is 0 Å². The molecule has 1 aromatic rings. The zero-order valence-electron chi connectivity index (χ0n) is 10.5. The standard InChI is InChI=1S/C13H23N3/c1-12-15-8-10-16(12)9-7-14-11-13(2)5-3-4-6-13/h8,10,14H,3-7,9,11H2,1-2H3. The summed E-state index contributed by atoms with van der Waals surface area (Å²) in [4.78, 5) is 4.22. The van der Waals surface area contributed by atoms with Crippen LogP contribution >= 0.6 is 0 Å². The van der Waals surface area contributed by atoms with Crippen molar-refractivity contribution in [3.05, 3.63) is 18.2 Å². The highest BCUT2D eigenvalue weighted by Gasteiger charge is 2.27. The van der Waals surface area contributed by atoms with Crippen LogP contribution in [0.2, 0.25) is 0 Å². The van der Waals surface area contributed by atoms with Crippen molar-refractivity contribution >= 4 is 0 Å². The second kappa shape index (κ2) is 5.00. The fraction of sp³-hybridized carbons (Fsp3) is 0.769. The van der Waals surface area contributed by atoms with Crippen molar-refractivity contribution in [2.45, 2.75) is 46.1 Å². The molecule has 0 spiro atoms. The summed E-state index contributed by atoms with van der Waals surface area (Å²) >= 11 is 0. The van der Waals surface area contributed by atoms with E-state index in [9.17, 15) is 0 Å². The first-order valence-corrected chi connectivity index (χ1v) is 6.38. The number of aromatic nitrogens is 2. The number of hydrogen-bond acceptors (Lipinski definition) is 2. The SMILES string of the molecule is Cc1nccn1CCNCC1(C)CCCC1. The van der Waals surface area contributed by atoms with Gasteiger partial charge in [-0.15, -0.1) is 0 Å². The van der Waals surface area contributed by atoms with Gasteiger partial charge in [0, 0.05) is 32.0 Å². The molecular weight excluding hydrogens is 198 g/mol. The molecule has 0 aromatic carbocycles. The van der Waals surface area contributed by atoms with Crippen LogP contribution in [0.1, 0.15) is 38.4 Å². The van der Waals surface area contributed by atoms with Gasteiger partial charge in [-0.1, -0.05) is 19.8 Å². The van der Waals surface area contributed by atoms with Crippen LogP contribution in [-0.2, 0) is 6.54 Å². The summed E-state index contributed by atoms with van der Waals surface area (Å²) in [7, 11) is 0. The fourth-order valence-electron chi connectivity index (χ4n) is 2.64. The van der Waals surface area contributed by atoms with Crippen molar-refractivity contribution in [3.8, 4) is 0 Å². The quantitative estimate of drug-likeness (QED) is 0.774. The zero-order valence-corrected chi connectivity index (χ0v) is 10.5. The summed E-state index contributed by atoms with van der Waals surface area (Å²) in [5, 5.41) is 3.58. The van der Waals surface area contributed by atoms with Crippen molar-refractivity contribution in [1.29, 1.82) is 0 Å². The van der Waals surface area contributed by atoms with Gasteiger partial charge in [0.2, 0.25) is 0 Å². The highest BCUT2D eigenvalue weighted by atomic mass is 15.1. The molecule has 16 heavy (non-hydrogen) atoms. The third-order valence-electron chi connectivity index (χ3n) is 3.82. The van der Waals surface area contributed by atoms with Gasteiger partial charge in [0.05, 0.1) is 0 Å². The second-order valence-corrected chi connectivity index (χ2v) is 5.36. The van der Waals surface area contributed by atoms with Gasteiger partial charge in [-0.2, -0.15) is 0 Å². The molecule has 0 unspecified atom stereocenters. The second-order valence-electron chi connectivity index (χ2n) is 5.36. The van der Waals surface area contributed by atoms with E-state index in [-0.39, 0.29) is 0 Å². The molecule has 1 heterocycles. The van der Waals surface area contributed by atoms with Crippen molar-refractivity contribution in [1.82, 2.24) is 14.9 Å². The summed E-state index contributed by atoms with van der Waals surface area (Å²) in [6.07, 6.45) is 9.54. The van der Waals surface area contributed by atoms with Crippen LogP contribution in [0.15, 0.2) is 12.4 Å². The minimum absolute atomic E-state index is 0.560. The van der Waals surface area contributed by atoms with Gasteiger partial charge in [-0.05, 0) is 25.2 Å². The Morgan fingerprint density at radius 2 is 2.19 bits per heavy atom. The van der Waals surface area contributed by atoms with Gasteiger partial charge in [0.15, 0.2) is 0 Å². The maximum absolute atomic E-state index is 4.22. The summed E-state index contributed by atoms with van der Waals surface area (Å²) < 4.78 is 2.20. The minimum Gasteiger partial charge on any atom is -0.334 e. The Balaban J connectivity index is 1.67. The average Bonchev–Trinajstić information content (AvgIpc) is 2.84. The van der Waals surface area contributed by atoms with Gasteiger partial charge in [0.25, 0.3) is 0 Å². The average molecular weight is 221 g/mol. The molecule has 0 amide bonds. The molecule has 0 saturated heterocycles. The first kappa shape index (κ1) is 11.6. The maximum Gasteiger partial charge on any atom is 0.105 e. The Morgan fingerprint density at radius 1 is 1.44 bits per heavy atom. The predicted octanol–water partition coefficient (Wildman–Crippen LogP) is 2.36. The number of nitrogens with zero attached hydrogens (tertiary/aromatic N) is 2. The van der Waals surface area contributed by atoms with Gasteiger partial charge in [-0.3, -0.25) is 0 Å². The van der Waals surface area contributed by atoms with Crippen LogP contribution in [0.25, 0.3) is 0 Å². The molecule has 1 aromatic heterocycles. The molecule has 3 nitrogen and oxygen atoms in total. The Morgan fingerprint density at radius 3 is 2.81 bits per heavy atom. The van der Waals surface area contributed by atoms with Gasteiger partial charge < -0.3 is 9.88 Å². The van der Waals surface area contributed by atoms with Crippen molar-refractivity contribution in [2.75, 3.05) is 13.1 Å². The fourth-order valence-corrected chi connectivity index (χ4v) is 2.64. The lowest BCUT2D eigenvalue weighted by atomic mass is 9.89. The summed E-state index contributed by atoms with van der Waals surface area (Å²) in [6.45, 7) is 7.71. The lowest BCUT2D eigenvalue weighted by Crippen LogP contribution is -2.31. The van der Waals surface area contributed by atoms with Crippen LogP contribution < -0.4 is 5.32 Å². The molecule has 0 bridgehead atoms. The lowest BCUT2D eigenvalue weighted by Gasteiger charge is -2.23. The largest absolute Gasteiger partial charge is 0.334 e. The number of nitrogens with one attached hydrogen (secondary N) is 1. The van der Waals surface area contributed by atoms with Crippen molar-refractivity contribution in [2.24, 2.45) is 5.41 Å². The van der Waals surface area contributed by atoms with E-state index in [0.29, 0.717) is 5.41 Å². The van der Waals surface area contributed by atoms with Crippen molar-refractivity contribution < 1.29 is 0 Å². The van der Waals surface area contributed by atoms with E-state index >= 15 is 0 Å². The molecule has 3 heteroatoms. The summed E-state index contributed by atoms with van der Waals surface area (Å²) in [5.74, 6) is 1.11. The van der Waals surface area contributed by atoms with E-state index in [1.165, 1.54) is 32.2 Å². The Bertz CT molecular complexity index is 324. The van der Waals surface area contributed by atoms with E-state index in [0.717, 1.165) is 18.9 Å². The maximum atomic E-state index is 4.22. The first-order valence-electron chi connectivity index (χ1n) is 6.38. The molecule has 1 aliphatic rings. The normalized spacial score (nSPS) is 19.1. The molecule has 90 valence electrons. The van der Waals surface area contributed by atoms with Crippen LogP contribution in [-0.4, -0.2) is 22.6 Å². The molecule has 0 atom stereocenters. The molecule has 1 fully saturated rings. The minimum atomic E-state index is 0.560. The Kier molecular flexibility index (Phi) is 3.64. The molecule has 2 rings (SSSR count). The molecule has 1 aliphatic carbocycles.